The zero-order valence-electron chi connectivity index (χ0n) is 11.8. The van der Waals surface area contributed by atoms with Crippen molar-refractivity contribution in [1.29, 1.82) is 0 Å². The lowest BCUT2D eigenvalue weighted by atomic mass is 10.3. The van der Waals surface area contributed by atoms with Crippen LogP contribution in [0.3, 0.4) is 0 Å². The van der Waals surface area contributed by atoms with Gasteiger partial charge in [0.15, 0.2) is 0 Å². The largest absolute Gasteiger partial charge is 0.478 e. The van der Waals surface area contributed by atoms with Gasteiger partial charge in [0, 0.05) is 45.3 Å². The number of hydrogen-bond acceptors (Lipinski definition) is 6. The fraction of sp³-hybridized carbons (Fsp3) is 0.692. The Kier molecular flexibility index (Phi) is 4.93. The van der Waals surface area contributed by atoms with Gasteiger partial charge in [0.25, 0.3) is 0 Å². The Morgan fingerprint density at radius 3 is 2.63 bits per heavy atom. The minimum atomic E-state index is 0.625. The summed E-state index contributed by atoms with van der Waals surface area (Å²) in [5.41, 5.74) is 5.59. The normalized spacial score (nSPS) is 16.7. The second kappa shape index (κ2) is 6.68. The van der Waals surface area contributed by atoms with Crippen molar-refractivity contribution in [2.75, 3.05) is 50.8 Å². The number of aromatic nitrogens is 2. The highest BCUT2D eigenvalue weighted by atomic mass is 16.5. The maximum Gasteiger partial charge on any atom is 0.218 e. The average molecular weight is 265 g/mol. The van der Waals surface area contributed by atoms with E-state index in [0.29, 0.717) is 12.5 Å². The van der Waals surface area contributed by atoms with Crippen LogP contribution in [0, 0.1) is 6.92 Å². The number of ether oxygens (including phenoxy) is 1. The van der Waals surface area contributed by atoms with Gasteiger partial charge in [0.2, 0.25) is 5.88 Å². The average Bonchev–Trinajstić information content (AvgIpc) is 2.40. The molecule has 0 bridgehead atoms. The summed E-state index contributed by atoms with van der Waals surface area (Å²) in [5.74, 6) is 2.38. The third kappa shape index (κ3) is 3.78. The van der Waals surface area contributed by atoms with Crippen molar-refractivity contribution >= 4 is 5.82 Å². The Morgan fingerprint density at radius 2 is 2.00 bits per heavy atom. The minimum absolute atomic E-state index is 0.625. The van der Waals surface area contributed by atoms with E-state index in [4.69, 9.17) is 10.5 Å². The van der Waals surface area contributed by atoms with E-state index in [2.05, 4.69) is 19.8 Å². The molecular formula is C13H23N5O. The molecule has 19 heavy (non-hydrogen) atoms. The van der Waals surface area contributed by atoms with Crippen LogP contribution in [0.2, 0.25) is 0 Å². The van der Waals surface area contributed by atoms with Crippen LogP contribution in [0.25, 0.3) is 0 Å². The van der Waals surface area contributed by atoms with Gasteiger partial charge in [-0.25, -0.2) is 4.98 Å². The molecule has 1 aromatic rings. The number of rotatable bonds is 5. The fourth-order valence-corrected chi connectivity index (χ4v) is 2.29. The second-order valence-electron chi connectivity index (χ2n) is 4.66. The first-order valence-electron chi connectivity index (χ1n) is 6.88. The molecule has 106 valence electrons. The predicted molar refractivity (Wildman–Crippen MR) is 75.6 cm³/mol. The molecule has 0 amide bonds. The van der Waals surface area contributed by atoms with Crippen molar-refractivity contribution in [2.45, 2.75) is 13.8 Å². The maximum absolute atomic E-state index is 5.59. The number of piperazine rings is 1. The molecule has 0 radical (unpaired) electrons. The Balaban J connectivity index is 2.02. The molecule has 0 spiro atoms. The summed E-state index contributed by atoms with van der Waals surface area (Å²) in [6, 6.07) is 1.93. The molecule has 1 aliphatic heterocycles. The quantitative estimate of drug-likeness (QED) is 0.824. The monoisotopic (exact) mass is 265 g/mol. The second-order valence-corrected chi connectivity index (χ2v) is 4.66. The van der Waals surface area contributed by atoms with Gasteiger partial charge in [0.1, 0.15) is 11.6 Å². The molecule has 0 aromatic carbocycles. The fourth-order valence-electron chi connectivity index (χ4n) is 2.29. The van der Waals surface area contributed by atoms with Gasteiger partial charge in [-0.05, 0) is 13.8 Å². The SMILES string of the molecule is CCOc1cc(N2CCN(CCN)CC2)nc(C)n1. The maximum atomic E-state index is 5.59. The van der Waals surface area contributed by atoms with E-state index in [9.17, 15) is 0 Å². The molecule has 6 heteroatoms. The highest BCUT2D eigenvalue weighted by Crippen LogP contribution is 2.19. The molecule has 0 saturated carbocycles. The summed E-state index contributed by atoms with van der Waals surface area (Å²) in [7, 11) is 0. The summed E-state index contributed by atoms with van der Waals surface area (Å²) in [6.45, 7) is 10.2. The molecule has 0 aliphatic carbocycles. The third-order valence-electron chi connectivity index (χ3n) is 3.23. The highest BCUT2D eigenvalue weighted by Gasteiger charge is 2.18. The lowest BCUT2D eigenvalue weighted by Crippen LogP contribution is -2.48. The van der Waals surface area contributed by atoms with Gasteiger partial charge < -0.3 is 15.4 Å². The molecule has 1 aromatic heterocycles. The van der Waals surface area contributed by atoms with Crippen molar-refractivity contribution in [2.24, 2.45) is 5.73 Å². The zero-order chi connectivity index (χ0) is 13.7. The number of nitrogens with zero attached hydrogens (tertiary/aromatic N) is 4. The zero-order valence-corrected chi connectivity index (χ0v) is 11.8. The van der Waals surface area contributed by atoms with E-state index in [1.165, 1.54) is 0 Å². The minimum Gasteiger partial charge on any atom is -0.478 e. The van der Waals surface area contributed by atoms with Gasteiger partial charge in [-0.1, -0.05) is 0 Å². The molecule has 2 N–H and O–H groups in total. The van der Waals surface area contributed by atoms with Crippen molar-refractivity contribution in [3.63, 3.8) is 0 Å². The van der Waals surface area contributed by atoms with Crippen molar-refractivity contribution in [1.82, 2.24) is 14.9 Å². The van der Waals surface area contributed by atoms with Gasteiger partial charge in [0.05, 0.1) is 6.61 Å². The molecule has 6 nitrogen and oxygen atoms in total. The lowest BCUT2D eigenvalue weighted by molar-refractivity contribution is 0.264. The summed E-state index contributed by atoms with van der Waals surface area (Å²) in [4.78, 5) is 13.4. The van der Waals surface area contributed by atoms with Crippen LogP contribution >= 0.6 is 0 Å². The number of anilines is 1. The number of hydrogen-bond donors (Lipinski definition) is 1. The van der Waals surface area contributed by atoms with Crippen LogP contribution in [0.5, 0.6) is 5.88 Å². The molecule has 1 fully saturated rings. The predicted octanol–water partition coefficient (Wildman–Crippen LogP) is 0.264. The molecular weight excluding hydrogens is 242 g/mol. The highest BCUT2D eigenvalue weighted by molar-refractivity contribution is 5.42. The molecule has 0 atom stereocenters. The van der Waals surface area contributed by atoms with E-state index in [-0.39, 0.29) is 0 Å². The first-order valence-corrected chi connectivity index (χ1v) is 6.88. The van der Waals surface area contributed by atoms with Crippen molar-refractivity contribution in [3.05, 3.63) is 11.9 Å². The van der Waals surface area contributed by atoms with Crippen LogP contribution in [-0.2, 0) is 0 Å². The molecule has 2 rings (SSSR count). The van der Waals surface area contributed by atoms with E-state index in [0.717, 1.165) is 50.9 Å². The van der Waals surface area contributed by atoms with Crippen LogP contribution < -0.4 is 15.4 Å². The first-order chi connectivity index (χ1) is 9.22. The molecule has 1 aliphatic rings. The molecule has 2 heterocycles. The smallest absolute Gasteiger partial charge is 0.218 e. The topological polar surface area (TPSA) is 67.5 Å². The van der Waals surface area contributed by atoms with Gasteiger partial charge in [-0.2, -0.15) is 4.98 Å². The van der Waals surface area contributed by atoms with E-state index < -0.39 is 0 Å². The van der Waals surface area contributed by atoms with Gasteiger partial charge in [-0.3, -0.25) is 4.90 Å². The van der Waals surface area contributed by atoms with Crippen molar-refractivity contribution in [3.8, 4) is 5.88 Å². The van der Waals surface area contributed by atoms with E-state index in [1.54, 1.807) is 0 Å². The van der Waals surface area contributed by atoms with Crippen LogP contribution in [0.1, 0.15) is 12.7 Å². The Labute approximate surface area is 114 Å². The summed E-state index contributed by atoms with van der Waals surface area (Å²) in [5, 5.41) is 0. The summed E-state index contributed by atoms with van der Waals surface area (Å²) >= 11 is 0. The van der Waals surface area contributed by atoms with E-state index in [1.807, 2.05) is 19.9 Å². The van der Waals surface area contributed by atoms with Crippen molar-refractivity contribution < 1.29 is 4.74 Å². The van der Waals surface area contributed by atoms with E-state index >= 15 is 0 Å². The van der Waals surface area contributed by atoms with Crippen LogP contribution in [-0.4, -0.2) is 60.7 Å². The first kappa shape index (κ1) is 14.0. The van der Waals surface area contributed by atoms with Gasteiger partial charge in [-0.15, -0.1) is 0 Å². The number of aryl methyl sites for hydroxylation is 1. The lowest BCUT2D eigenvalue weighted by Gasteiger charge is -2.35. The number of nitrogens with two attached hydrogens (primary N) is 1. The van der Waals surface area contributed by atoms with Crippen LogP contribution in [0.15, 0.2) is 6.07 Å². The third-order valence-corrected chi connectivity index (χ3v) is 3.23. The molecule has 0 unspecified atom stereocenters. The summed E-state index contributed by atoms with van der Waals surface area (Å²) < 4.78 is 5.47. The Bertz CT molecular complexity index is 404. The van der Waals surface area contributed by atoms with Gasteiger partial charge >= 0.3 is 0 Å². The standard InChI is InChI=1S/C13H23N5O/c1-3-19-13-10-12(15-11(2)16-13)18-8-6-17(5-4-14)7-9-18/h10H,3-9,14H2,1-2H3. The van der Waals surface area contributed by atoms with Crippen LogP contribution in [0.4, 0.5) is 5.82 Å². The summed E-state index contributed by atoms with van der Waals surface area (Å²) in [6.07, 6.45) is 0. The molecule has 1 saturated heterocycles. The Hall–Kier alpha value is -1.40. The Morgan fingerprint density at radius 1 is 1.26 bits per heavy atom.